The van der Waals surface area contributed by atoms with Gasteiger partial charge in [0.05, 0.1) is 10.6 Å². The number of aryl methyl sites for hydroxylation is 1. The average molecular weight is 605 g/mol. The molecule has 1 N–H and O–H groups in total. The fraction of sp³-hybridized carbons (Fsp3) is 0.333. The molecule has 0 saturated carbocycles. The first kappa shape index (κ1) is 31.5. The molecule has 0 spiro atoms. The van der Waals surface area contributed by atoms with Crippen LogP contribution in [0.15, 0.2) is 77.7 Å². The van der Waals surface area contributed by atoms with E-state index in [-0.39, 0.29) is 23.0 Å². The van der Waals surface area contributed by atoms with Gasteiger partial charge in [-0.1, -0.05) is 66.0 Å². The number of anilines is 1. The number of carbonyl (C=O) groups excluding carboxylic acids is 2. The van der Waals surface area contributed by atoms with Crippen LogP contribution in [0, 0.1) is 6.92 Å². The molecule has 0 aliphatic carbocycles. The maximum Gasteiger partial charge on any atom is 0.264 e. The molecule has 40 heavy (non-hydrogen) atoms. The third kappa shape index (κ3) is 7.99. The Morgan fingerprint density at radius 3 is 2.08 bits per heavy atom. The number of carbonyl (C=O) groups is 2. The number of amides is 2. The molecule has 214 valence electrons. The second-order valence-electron chi connectivity index (χ2n) is 10.6. The zero-order valence-corrected chi connectivity index (χ0v) is 25.6. The highest BCUT2D eigenvalue weighted by Gasteiger charge is 2.34. The van der Waals surface area contributed by atoms with Crippen molar-refractivity contribution in [3.63, 3.8) is 0 Å². The first-order chi connectivity index (χ1) is 18.7. The molecule has 10 heteroatoms. The summed E-state index contributed by atoms with van der Waals surface area (Å²) in [6, 6.07) is 18.8. The van der Waals surface area contributed by atoms with E-state index in [2.05, 4.69) is 5.32 Å². The highest BCUT2D eigenvalue weighted by Crippen LogP contribution is 2.27. The maximum atomic E-state index is 14.1. The monoisotopic (exact) mass is 603 g/mol. The molecule has 3 aromatic rings. The van der Waals surface area contributed by atoms with Crippen LogP contribution >= 0.6 is 23.2 Å². The van der Waals surface area contributed by atoms with E-state index in [1.165, 1.54) is 17.0 Å². The van der Waals surface area contributed by atoms with E-state index >= 15 is 0 Å². The summed E-state index contributed by atoms with van der Waals surface area (Å²) in [6.45, 7) is 8.71. The Balaban J connectivity index is 2.08. The molecule has 3 rings (SSSR count). The molecule has 0 heterocycles. The Morgan fingerprint density at radius 1 is 0.925 bits per heavy atom. The van der Waals surface area contributed by atoms with Gasteiger partial charge in [-0.2, -0.15) is 0 Å². The normalized spacial score (nSPS) is 12.5. The predicted molar refractivity (Wildman–Crippen MR) is 161 cm³/mol. The minimum atomic E-state index is -4.16. The van der Waals surface area contributed by atoms with Crippen molar-refractivity contribution < 1.29 is 18.0 Å². The summed E-state index contributed by atoms with van der Waals surface area (Å²) in [5.41, 5.74) is 1.27. The van der Waals surface area contributed by atoms with Gasteiger partial charge in [-0.15, -0.1) is 0 Å². The fourth-order valence-electron chi connectivity index (χ4n) is 4.16. The molecule has 0 radical (unpaired) electrons. The van der Waals surface area contributed by atoms with E-state index < -0.39 is 34.1 Å². The molecule has 0 aliphatic rings. The lowest BCUT2D eigenvalue weighted by Gasteiger charge is -2.35. The van der Waals surface area contributed by atoms with Crippen LogP contribution in [-0.2, 0) is 26.2 Å². The van der Waals surface area contributed by atoms with Gasteiger partial charge < -0.3 is 10.2 Å². The number of rotatable bonds is 10. The summed E-state index contributed by atoms with van der Waals surface area (Å²) >= 11 is 12.5. The van der Waals surface area contributed by atoms with Gasteiger partial charge in [0.2, 0.25) is 11.8 Å². The molecule has 1 atom stereocenters. The number of hydrogen-bond donors (Lipinski definition) is 1. The van der Waals surface area contributed by atoms with Gasteiger partial charge in [0.25, 0.3) is 10.0 Å². The van der Waals surface area contributed by atoms with Crippen LogP contribution in [0.2, 0.25) is 10.0 Å². The van der Waals surface area contributed by atoms with E-state index in [1.807, 2.05) is 27.7 Å². The molecule has 7 nitrogen and oxygen atoms in total. The minimum Gasteiger partial charge on any atom is -0.350 e. The number of halogens is 2. The van der Waals surface area contributed by atoms with E-state index in [0.717, 1.165) is 9.87 Å². The predicted octanol–water partition coefficient (Wildman–Crippen LogP) is 6.22. The first-order valence-corrected chi connectivity index (χ1v) is 15.1. The molecule has 0 bridgehead atoms. The van der Waals surface area contributed by atoms with Gasteiger partial charge in [0.1, 0.15) is 12.6 Å². The van der Waals surface area contributed by atoms with Crippen LogP contribution in [0.1, 0.15) is 45.2 Å². The molecule has 0 aromatic heterocycles. The van der Waals surface area contributed by atoms with E-state index in [4.69, 9.17) is 23.2 Å². The maximum absolute atomic E-state index is 14.1. The largest absolute Gasteiger partial charge is 0.350 e. The van der Waals surface area contributed by atoms with Crippen LogP contribution in [0.4, 0.5) is 5.69 Å². The summed E-state index contributed by atoms with van der Waals surface area (Å²) in [6.07, 6.45) is 0.309. The quantitative estimate of drug-likeness (QED) is 0.298. The standard InChI is InChI=1S/C30H35Cl2N3O4S/c1-6-27(29(37)33-30(3,4)5)34(19-22-9-7-8-10-26(22)32)28(36)20-35(24-15-13-23(31)14-16-24)40(38,39)25-17-11-21(2)12-18-25/h7-18,27H,6,19-20H2,1-5H3,(H,33,37)/t27-/m1/s1. The van der Waals surface area contributed by atoms with Crippen molar-refractivity contribution in [2.24, 2.45) is 0 Å². The van der Waals surface area contributed by atoms with Gasteiger partial charge >= 0.3 is 0 Å². The molecule has 2 amide bonds. The Bertz CT molecular complexity index is 1440. The molecular weight excluding hydrogens is 569 g/mol. The molecule has 0 unspecified atom stereocenters. The van der Waals surface area contributed by atoms with E-state index in [1.54, 1.807) is 67.6 Å². The molecular formula is C30H35Cl2N3O4S. The van der Waals surface area contributed by atoms with Crippen LogP contribution in [0.25, 0.3) is 0 Å². The Hall–Kier alpha value is -3.07. The third-order valence-electron chi connectivity index (χ3n) is 6.19. The summed E-state index contributed by atoms with van der Waals surface area (Å²) in [5.74, 6) is -0.892. The van der Waals surface area contributed by atoms with Gasteiger partial charge in [-0.05, 0) is 82.1 Å². The topological polar surface area (TPSA) is 86.8 Å². The highest BCUT2D eigenvalue weighted by atomic mass is 35.5. The van der Waals surface area contributed by atoms with E-state index in [9.17, 15) is 18.0 Å². The summed E-state index contributed by atoms with van der Waals surface area (Å²) < 4.78 is 28.8. The van der Waals surface area contributed by atoms with Crippen molar-refractivity contribution in [1.82, 2.24) is 10.2 Å². The molecule has 0 fully saturated rings. The van der Waals surface area contributed by atoms with Crippen LogP contribution < -0.4 is 9.62 Å². The lowest BCUT2D eigenvalue weighted by Crippen LogP contribution is -2.55. The zero-order chi connectivity index (χ0) is 29.7. The van der Waals surface area contributed by atoms with E-state index in [0.29, 0.717) is 22.0 Å². The van der Waals surface area contributed by atoms with Crippen molar-refractivity contribution >= 4 is 50.7 Å². The first-order valence-electron chi connectivity index (χ1n) is 12.9. The van der Waals surface area contributed by atoms with Crippen LogP contribution in [0.3, 0.4) is 0 Å². The average Bonchev–Trinajstić information content (AvgIpc) is 2.88. The SMILES string of the molecule is CC[C@H](C(=O)NC(C)(C)C)N(Cc1ccccc1Cl)C(=O)CN(c1ccc(Cl)cc1)S(=O)(=O)c1ccc(C)cc1. The summed E-state index contributed by atoms with van der Waals surface area (Å²) in [5, 5.41) is 3.81. The lowest BCUT2D eigenvalue weighted by molar-refractivity contribution is -0.141. The number of nitrogens with zero attached hydrogens (tertiary/aromatic N) is 2. The Morgan fingerprint density at radius 2 is 1.52 bits per heavy atom. The molecule has 0 aliphatic heterocycles. The Labute approximate surface area is 247 Å². The second kappa shape index (κ2) is 13.1. The molecule has 3 aromatic carbocycles. The number of sulfonamides is 1. The number of hydrogen-bond acceptors (Lipinski definition) is 4. The van der Waals surface area contributed by atoms with Crippen molar-refractivity contribution in [2.45, 2.75) is 64.1 Å². The molecule has 0 saturated heterocycles. The zero-order valence-electron chi connectivity index (χ0n) is 23.3. The minimum absolute atomic E-state index is 0.0214. The number of nitrogens with one attached hydrogen (secondary N) is 1. The highest BCUT2D eigenvalue weighted by molar-refractivity contribution is 7.92. The Kier molecular flexibility index (Phi) is 10.3. The smallest absolute Gasteiger partial charge is 0.264 e. The van der Waals surface area contributed by atoms with Gasteiger partial charge in [0.15, 0.2) is 0 Å². The lowest BCUT2D eigenvalue weighted by atomic mass is 10.1. The summed E-state index contributed by atoms with van der Waals surface area (Å²) in [7, 11) is -4.16. The second-order valence-corrected chi connectivity index (χ2v) is 13.3. The van der Waals surface area contributed by atoms with Crippen LogP contribution in [0.5, 0.6) is 0 Å². The van der Waals surface area contributed by atoms with Gasteiger partial charge in [0, 0.05) is 22.1 Å². The van der Waals surface area contributed by atoms with Crippen molar-refractivity contribution in [1.29, 1.82) is 0 Å². The third-order valence-corrected chi connectivity index (χ3v) is 8.59. The fourth-order valence-corrected chi connectivity index (χ4v) is 5.89. The van der Waals surface area contributed by atoms with Gasteiger partial charge in [-0.3, -0.25) is 13.9 Å². The van der Waals surface area contributed by atoms with Crippen molar-refractivity contribution in [3.8, 4) is 0 Å². The van der Waals surface area contributed by atoms with Crippen molar-refractivity contribution in [2.75, 3.05) is 10.8 Å². The number of benzene rings is 3. The van der Waals surface area contributed by atoms with Crippen LogP contribution in [-0.4, -0.2) is 43.3 Å². The summed E-state index contributed by atoms with van der Waals surface area (Å²) in [4.78, 5) is 28.9. The van der Waals surface area contributed by atoms with Crippen molar-refractivity contribution in [3.05, 3.63) is 94.0 Å². The van der Waals surface area contributed by atoms with Gasteiger partial charge in [-0.25, -0.2) is 8.42 Å².